The fourth-order valence-corrected chi connectivity index (χ4v) is 2.36. The summed E-state index contributed by atoms with van der Waals surface area (Å²) in [5.74, 6) is 0.625. The van der Waals surface area contributed by atoms with Gasteiger partial charge in [0, 0.05) is 19.2 Å². The Morgan fingerprint density at radius 2 is 2.44 bits per heavy atom. The van der Waals surface area contributed by atoms with Crippen LogP contribution < -0.4 is 10.1 Å². The summed E-state index contributed by atoms with van der Waals surface area (Å²) < 4.78 is 12.0. The predicted octanol–water partition coefficient (Wildman–Crippen LogP) is 2.37. The van der Waals surface area contributed by atoms with Crippen molar-refractivity contribution < 1.29 is 14.3 Å². The normalized spacial score (nSPS) is 18.7. The van der Waals surface area contributed by atoms with Crippen molar-refractivity contribution in [3.63, 3.8) is 0 Å². The van der Waals surface area contributed by atoms with Crippen LogP contribution in [0.3, 0.4) is 0 Å². The maximum atomic E-state index is 11.5. The van der Waals surface area contributed by atoms with Crippen LogP contribution in [0.15, 0.2) is 22.7 Å². The number of hydrogen-bond acceptors (Lipinski definition) is 3. The highest BCUT2D eigenvalue weighted by molar-refractivity contribution is 9.10. The molecule has 0 aromatic heterocycles. The Kier molecular flexibility index (Phi) is 4.60. The molecule has 0 saturated carbocycles. The van der Waals surface area contributed by atoms with E-state index in [0.29, 0.717) is 12.2 Å². The summed E-state index contributed by atoms with van der Waals surface area (Å²) in [5, 5.41) is 2.58. The average molecular weight is 314 g/mol. The number of benzene rings is 1. The smallest absolute Gasteiger partial charge is 0.251 e. The first-order valence-corrected chi connectivity index (χ1v) is 6.76. The summed E-state index contributed by atoms with van der Waals surface area (Å²) in [7, 11) is 1.61. The van der Waals surface area contributed by atoms with Crippen LogP contribution in [0.5, 0.6) is 5.75 Å². The summed E-state index contributed by atoms with van der Waals surface area (Å²) in [6.07, 6.45) is 2.34. The topological polar surface area (TPSA) is 47.6 Å². The van der Waals surface area contributed by atoms with Gasteiger partial charge < -0.3 is 14.8 Å². The van der Waals surface area contributed by atoms with Gasteiger partial charge in [0.15, 0.2) is 0 Å². The molecule has 18 heavy (non-hydrogen) atoms. The molecule has 0 aliphatic carbocycles. The highest BCUT2D eigenvalue weighted by Crippen LogP contribution is 2.27. The van der Waals surface area contributed by atoms with Crippen LogP contribution in [0.2, 0.25) is 0 Å². The van der Waals surface area contributed by atoms with Crippen molar-refractivity contribution in [3.8, 4) is 5.75 Å². The molecular formula is C13H16BrNO3. The van der Waals surface area contributed by atoms with Gasteiger partial charge in [-0.05, 0) is 47.0 Å². The highest BCUT2D eigenvalue weighted by atomic mass is 79.9. The quantitative estimate of drug-likeness (QED) is 0.928. The van der Waals surface area contributed by atoms with Gasteiger partial charge in [-0.3, -0.25) is 4.79 Å². The number of amides is 1. The maximum Gasteiger partial charge on any atom is 0.251 e. The molecule has 1 unspecified atom stereocenters. The summed E-state index contributed by atoms with van der Waals surface area (Å²) in [6.45, 7) is 1.38. The van der Waals surface area contributed by atoms with E-state index in [9.17, 15) is 4.79 Å². The minimum Gasteiger partial charge on any atom is -0.490 e. The summed E-state index contributed by atoms with van der Waals surface area (Å²) in [6, 6.07) is 5.29. The van der Waals surface area contributed by atoms with E-state index >= 15 is 0 Å². The molecule has 0 bridgehead atoms. The van der Waals surface area contributed by atoms with Crippen molar-refractivity contribution in [2.75, 3.05) is 20.3 Å². The van der Waals surface area contributed by atoms with E-state index in [1.165, 1.54) is 0 Å². The Hall–Kier alpha value is -1.07. The molecule has 1 fully saturated rings. The molecule has 2 rings (SSSR count). The van der Waals surface area contributed by atoms with Crippen LogP contribution in [0.25, 0.3) is 0 Å². The molecule has 0 spiro atoms. The van der Waals surface area contributed by atoms with Crippen LogP contribution in [0, 0.1) is 0 Å². The average Bonchev–Trinajstić information content (AvgIpc) is 2.89. The van der Waals surface area contributed by atoms with Gasteiger partial charge in [-0.2, -0.15) is 0 Å². The molecule has 1 aliphatic heterocycles. The number of carbonyl (C=O) groups is 1. The van der Waals surface area contributed by atoms with Gasteiger partial charge in [0.2, 0.25) is 0 Å². The number of hydrogen-bond donors (Lipinski definition) is 1. The second kappa shape index (κ2) is 6.20. The molecule has 98 valence electrons. The monoisotopic (exact) mass is 313 g/mol. The minimum atomic E-state index is -0.110. The Morgan fingerprint density at radius 1 is 1.61 bits per heavy atom. The van der Waals surface area contributed by atoms with Crippen LogP contribution in [0.4, 0.5) is 0 Å². The summed E-state index contributed by atoms with van der Waals surface area (Å²) in [4.78, 5) is 11.5. The first-order valence-electron chi connectivity index (χ1n) is 5.96. The van der Waals surface area contributed by atoms with E-state index in [1.807, 2.05) is 0 Å². The van der Waals surface area contributed by atoms with Crippen molar-refractivity contribution in [2.24, 2.45) is 0 Å². The van der Waals surface area contributed by atoms with E-state index in [1.54, 1.807) is 25.2 Å². The zero-order valence-corrected chi connectivity index (χ0v) is 11.8. The van der Waals surface area contributed by atoms with E-state index < -0.39 is 0 Å². The first kappa shape index (κ1) is 13.4. The van der Waals surface area contributed by atoms with Crippen molar-refractivity contribution in [3.05, 3.63) is 28.2 Å². The standard InChI is InChI=1S/C13H16BrNO3/c1-15-13(16)9-4-5-12(11(14)7-9)18-8-10-3-2-6-17-10/h4-5,7,10H,2-3,6,8H2,1H3,(H,15,16). The summed E-state index contributed by atoms with van der Waals surface area (Å²) in [5.41, 5.74) is 0.605. The zero-order valence-electron chi connectivity index (χ0n) is 10.2. The van der Waals surface area contributed by atoms with E-state index in [2.05, 4.69) is 21.2 Å². The van der Waals surface area contributed by atoms with Crippen LogP contribution in [-0.4, -0.2) is 32.3 Å². The summed E-state index contributed by atoms with van der Waals surface area (Å²) >= 11 is 3.41. The van der Waals surface area contributed by atoms with Gasteiger partial charge in [0.05, 0.1) is 10.6 Å². The zero-order chi connectivity index (χ0) is 13.0. The van der Waals surface area contributed by atoms with Gasteiger partial charge in [0.1, 0.15) is 12.4 Å². The lowest BCUT2D eigenvalue weighted by molar-refractivity contribution is 0.0677. The number of ether oxygens (including phenoxy) is 2. The van der Waals surface area contributed by atoms with E-state index in [0.717, 1.165) is 29.7 Å². The lowest BCUT2D eigenvalue weighted by Gasteiger charge is -2.13. The molecule has 1 heterocycles. The highest BCUT2D eigenvalue weighted by Gasteiger charge is 2.16. The third-order valence-electron chi connectivity index (χ3n) is 2.87. The molecule has 1 N–H and O–H groups in total. The molecule has 1 aliphatic rings. The van der Waals surface area contributed by atoms with Gasteiger partial charge in [-0.15, -0.1) is 0 Å². The number of halogens is 1. The molecule has 1 saturated heterocycles. The minimum absolute atomic E-state index is 0.110. The molecule has 1 atom stereocenters. The second-order valence-electron chi connectivity index (χ2n) is 4.17. The van der Waals surface area contributed by atoms with Gasteiger partial charge >= 0.3 is 0 Å². The van der Waals surface area contributed by atoms with Gasteiger partial charge in [0.25, 0.3) is 5.91 Å². The van der Waals surface area contributed by atoms with Crippen molar-refractivity contribution in [1.82, 2.24) is 5.32 Å². The Balaban J connectivity index is 1.98. The Morgan fingerprint density at radius 3 is 3.06 bits per heavy atom. The van der Waals surface area contributed by atoms with Crippen LogP contribution in [0.1, 0.15) is 23.2 Å². The molecular weight excluding hydrogens is 298 g/mol. The predicted molar refractivity (Wildman–Crippen MR) is 72.0 cm³/mol. The first-order chi connectivity index (χ1) is 8.70. The molecule has 5 heteroatoms. The maximum absolute atomic E-state index is 11.5. The third-order valence-corrected chi connectivity index (χ3v) is 3.49. The Labute approximate surface area is 115 Å². The van der Waals surface area contributed by atoms with E-state index in [4.69, 9.17) is 9.47 Å². The Bertz CT molecular complexity index is 430. The molecule has 1 amide bonds. The number of carbonyl (C=O) groups excluding carboxylic acids is 1. The lowest BCUT2D eigenvalue weighted by Crippen LogP contribution is -2.18. The molecule has 4 nitrogen and oxygen atoms in total. The van der Waals surface area contributed by atoms with Crippen molar-refractivity contribution >= 4 is 21.8 Å². The number of nitrogens with one attached hydrogen (secondary N) is 1. The van der Waals surface area contributed by atoms with E-state index in [-0.39, 0.29) is 12.0 Å². The SMILES string of the molecule is CNC(=O)c1ccc(OCC2CCCO2)c(Br)c1. The largest absolute Gasteiger partial charge is 0.490 e. The fraction of sp³-hybridized carbons (Fsp3) is 0.462. The fourth-order valence-electron chi connectivity index (χ4n) is 1.86. The molecule has 0 radical (unpaired) electrons. The second-order valence-corrected chi connectivity index (χ2v) is 5.02. The van der Waals surface area contributed by atoms with Crippen LogP contribution in [-0.2, 0) is 4.74 Å². The molecule has 1 aromatic carbocycles. The van der Waals surface area contributed by atoms with Gasteiger partial charge in [-0.25, -0.2) is 0 Å². The lowest BCUT2D eigenvalue weighted by atomic mass is 10.2. The van der Waals surface area contributed by atoms with Crippen molar-refractivity contribution in [1.29, 1.82) is 0 Å². The third kappa shape index (κ3) is 3.23. The number of rotatable bonds is 4. The van der Waals surface area contributed by atoms with Crippen LogP contribution >= 0.6 is 15.9 Å². The van der Waals surface area contributed by atoms with Crippen molar-refractivity contribution in [2.45, 2.75) is 18.9 Å². The van der Waals surface area contributed by atoms with Gasteiger partial charge in [-0.1, -0.05) is 0 Å². The molecule has 1 aromatic rings.